The van der Waals surface area contributed by atoms with Gasteiger partial charge in [0.15, 0.2) is 0 Å². The molecule has 0 spiro atoms. The van der Waals surface area contributed by atoms with Gasteiger partial charge in [-0.1, -0.05) is 31.4 Å². The van der Waals surface area contributed by atoms with Crippen LogP contribution in [0.4, 0.5) is 0 Å². The molecular formula is C16H23NO2S. The fraction of sp³-hybridized carbons (Fsp3) is 0.562. The Morgan fingerprint density at radius 2 is 1.95 bits per heavy atom. The van der Waals surface area contributed by atoms with E-state index in [2.05, 4.69) is 5.32 Å². The van der Waals surface area contributed by atoms with Gasteiger partial charge in [-0.05, 0) is 37.5 Å². The quantitative estimate of drug-likeness (QED) is 0.819. The number of carbonyl (C=O) groups excluding carboxylic acids is 1. The van der Waals surface area contributed by atoms with Crippen molar-refractivity contribution < 1.29 is 9.90 Å². The standard InChI is InChI=1S/C16H23NO2S/c1-12(18)13-7-9-15(10-8-13)20-11-16(19)17-14-5-3-2-4-6-14/h7-10,12,14,18H,2-6,11H2,1H3,(H,17,19). The van der Waals surface area contributed by atoms with Crippen molar-refractivity contribution in [3.8, 4) is 0 Å². The maximum atomic E-state index is 11.9. The van der Waals surface area contributed by atoms with Crippen molar-refractivity contribution in [1.29, 1.82) is 0 Å². The van der Waals surface area contributed by atoms with Crippen molar-refractivity contribution >= 4 is 17.7 Å². The van der Waals surface area contributed by atoms with Gasteiger partial charge in [-0.15, -0.1) is 11.8 Å². The largest absolute Gasteiger partial charge is 0.389 e. The summed E-state index contributed by atoms with van der Waals surface area (Å²) in [6.07, 6.45) is 5.58. The van der Waals surface area contributed by atoms with E-state index in [-0.39, 0.29) is 5.91 Å². The van der Waals surface area contributed by atoms with E-state index in [4.69, 9.17) is 0 Å². The third-order valence-corrected chi connectivity index (χ3v) is 4.71. The molecule has 20 heavy (non-hydrogen) atoms. The summed E-state index contributed by atoms with van der Waals surface area (Å²) in [6.45, 7) is 1.75. The third kappa shape index (κ3) is 4.84. The smallest absolute Gasteiger partial charge is 0.230 e. The van der Waals surface area contributed by atoms with Crippen molar-refractivity contribution in [2.24, 2.45) is 0 Å². The number of carbonyl (C=O) groups is 1. The van der Waals surface area contributed by atoms with Gasteiger partial charge in [-0.2, -0.15) is 0 Å². The van der Waals surface area contributed by atoms with E-state index in [1.807, 2.05) is 24.3 Å². The molecule has 1 saturated carbocycles. The topological polar surface area (TPSA) is 49.3 Å². The van der Waals surface area contributed by atoms with Crippen molar-refractivity contribution in [3.05, 3.63) is 29.8 Å². The molecule has 0 saturated heterocycles. The van der Waals surface area contributed by atoms with Gasteiger partial charge in [0.1, 0.15) is 0 Å². The Labute approximate surface area is 125 Å². The zero-order chi connectivity index (χ0) is 14.4. The number of thioether (sulfide) groups is 1. The Balaban J connectivity index is 1.74. The van der Waals surface area contributed by atoms with Crippen LogP contribution >= 0.6 is 11.8 Å². The summed E-state index contributed by atoms with van der Waals surface area (Å²) >= 11 is 1.54. The number of aliphatic hydroxyl groups is 1. The number of nitrogens with one attached hydrogen (secondary N) is 1. The zero-order valence-electron chi connectivity index (χ0n) is 12.0. The minimum absolute atomic E-state index is 0.126. The molecule has 0 heterocycles. The first-order valence-electron chi connectivity index (χ1n) is 7.35. The van der Waals surface area contributed by atoms with Gasteiger partial charge < -0.3 is 10.4 Å². The second kappa shape index (κ2) is 7.70. The van der Waals surface area contributed by atoms with Gasteiger partial charge >= 0.3 is 0 Å². The van der Waals surface area contributed by atoms with Crippen LogP contribution in [0.5, 0.6) is 0 Å². The molecule has 0 aliphatic heterocycles. The molecule has 1 aliphatic rings. The van der Waals surface area contributed by atoms with Crippen LogP contribution in [0.25, 0.3) is 0 Å². The predicted molar refractivity (Wildman–Crippen MR) is 82.8 cm³/mol. The van der Waals surface area contributed by atoms with E-state index in [1.54, 1.807) is 18.7 Å². The molecule has 1 atom stereocenters. The average molecular weight is 293 g/mol. The van der Waals surface area contributed by atoms with E-state index < -0.39 is 6.10 Å². The number of amides is 1. The van der Waals surface area contributed by atoms with Crippen LogP contribution in [0.15, 0.2) is 29.2 Å². The van der Waals surface area contributed by atoms with Crippen LogP contribution in [0, 0.1) is 0 Å². The normalized spacial score (nSPS) is 17.7. The fourth-order valence-electron chi connectivity index (χ4n) is 2.51. The second-order valence-corrected chi connectivity index (χ2v) is 6.48. The van der Waals surface area contributed by atoms with Gasteiger partial charge in [0.2, 0.25) is 5.91 Å². The van der Waals surface area contributed by atoms with Crippen molar-refractivity contribution in [2.75, 3.05) is 5.75 Å². The van der Waals surface area contributed by atoms with Gasteiger partial charge in [-0.25, -0.2) is 0 Å². The Morgan fingerprint density at radius 3 is 2.55 bits per heavy atom. The molecule has 4 heteroatoms. The molecule has 3 nitrogen and oxygen atoms in total. The molecule has 1 aromatic rings. The summed E-state index contributed by atoms with van der Waals surface area (Å²) in [7, 11) is 0. The maximum Gasteiger partial charge on any atom is 0.230 e. The van der Waals surface area contributed by atoms with Crippen molar-refractivity contribution in [1.82, 2.24) is 5.32 Å². The number of aliphatic hydroxyl groups excluding tert-OH is 1. The summed E-state index contributed by atoms with van der Waals surface area (Å²) in [5.74, 6) is 0.589. The highest BCUT2D eigenvalue weighted by Gasteiger charge is 2.15. The summed E-state index contributed by atoms with van der Waals surface area (Å²) in [4.78, 5) is 13.0. The van der Waals surface area contributed by atoms with Crippen molar-refractivity contribution in [2.45, 2.75) is 56.1 Å². The number of hydrogen-bond donors (Lipinski definition) is 2. The Bertz CT molecular complexity index is 425. The molecule has 110 valence electrons. The molecule has 0 aromatic heterocycles. The first kappa shape index (κ1) is 15.4. The molecule has 1 aromatic carbocycles. The first-order chi connectivity index (χ1) is 9.65. The first-order valence-corrected chi connectivity index (χ1v) is 8.34. The lowest BCUT2D eigenvalue weighted by Crippen LogP contribution is -2.37. The molecular weight excluding hydrogens is 270 g/mol. The van der Waals surface area contributed by atoms with Crippen LogP contribution in [-0.4, -0.2) is 22.8 Å². The van der Waals surface area contributed by atoms with E-state index >= 15 is 0 Å². The molecule has 1 fully saturated rings. The zero-order valence-corrected chi connectivity index (χ0v) is 12.8. The molecule has 1 amide bonds. The molecule has 1 aliphatic carbocycles. The summed E-state index contributed by atoms with van der Waals surface area (Å²) in [6, 6.07) is 8.12. The third-order valence-electron chi connectivity index (χ3n) is 3.70. The van der Waals surface area contributed by atoms with E-state index in [9.17, 15) is 9.90 Å². The molecule has 0 radical (unpaired) electrons. The maximum absolute atomic E-state index is 11.9. The minimum atomic E-state index is -0.441. The molecule has 2 N–H and O–H groups in total. The van der Waals surface area contributed by atoms with Crippen LogP contribution in [-0.2, 0) is 4.79 Å². The SMILES string of the molecule is CC(O)c1ccc(SCC(=O)NC2CCCCC2)cc1. The molecule has 2 rings (SSSR count). The highest BCUT2D eigenvalue weighted by Crippen LogP contribution is 2.21. The summed E-state index contributed by atoms with van der Waals surface area (Å²) in [5, 5.41) is 12.6. The summed E-state index contributed by atoms with van der Waals surface area (Å²) in [5.41, 5.74) is 0.904. The second-order valence-electron chi connectivity index (χ2n) is 5.44. The highest BCUT2D eigenvalue weighted by molar-refractivity contribution is 8.00. The number of rotatable bonds is 5. The van der Waals surface area contributed by atoms with Gasteiger partial charge in [0, 0.05) is 10.9 Å². The minimum Gasteiger partial charge on any atom is -0.389 e. The fourth-order valence-corrected chi connectivity index (χ4v) is 3.22. The van der Waals surface area contributed by atoms with Gasteiger partial charge in [0.05, 0.1) is 11.9 Å². The van der Waals surface area contributed by atoms with Crippen LogP contribution in [0.2, 0.25) is 0 Å². The molecule has 0 bridgehead atoms. The lowest BCUT2D eigenvalue weighted by atomic mass is 9.95. The highest BCUT2D eigenvalue weighted by atomic mass is 32.2. The van der Waals surface area contributed by atoms with E-state index in [0.717, 1.165) is 23.3 Å². The average Bonchev–Trinajstić information content (AvgIpc) is 2.46. The Morgan fingerprint density at radius 1 is 1.30 bits per heavy atom. The van der Waals surface area contributed by atoms with Crippen LogP contribution < -0.4 is 5.32 Å². The summed E-state index contributed by atoms with van der Waals surface area (Å²) < 4.78 is 0. The Kier molecular flexibility index (Phi) is 5.92. The lowest BCUT2D eigenvalue weighted by Gasteiger charge is -2.22. The predicted octanol–water partition coefficient (Wildman–Crippen LogP) is 3.28. The van der Waals surface area contributed by atoms with Gasteiger partial charge in [0.25, 0.3) is 0 Å². The van der Waals surface area contributed by atoms with Gasteiger partial charge in [-0.3, -0.25) is 4.79 Å². The lowest BCUT2D eigenvalue weighted by molar-refractivity contribution is -0.119. The van der Waals surface area contributed by atoms with E-state index in [0.29, 0.717) is 11.8 Å². The number of benzene rings is 1. The van der Waals surface area contributed by atoms with Crippen LogP contribution in [0.1, 0.15) is 50.7 Å². The Hall–Kier alpha value is -1.00. The monoisotopic (exact) mass is 293 g/mol. The molecule has 1 unspecified atom stereocenters. The van der Waals surface area contributed by atoms with E-state index in [1.165, 1.54) is 19.3 Å². The van der Waals surface area contributed by atoms with Crippen molar-refractivity contribution in [3.63, 3.8) is 0 Å². The van der Waals surface area contributed by atoms with Crippen LogP contribution in [0.3, 0.4) is 0 Å². The number of hydrogen-bond acceptors (Lipinski definition) is 3.